The number of fused-ring (bicyclic) bond motifs is 1. The maximum absolute atomic E-state index is 13.8. The summed E-state index contributed by atoms with van der Waals surface area (Å²) in [6.07, 6.45) is -3.09. The molecule has 0 atom stereocenters. The van der Waals surface area contributed by atoms with Crippen LogP contribution in [0.15, 0.2) is 54.6 Å². The number of H-pyrrole nitrogens is 1. The molecule has 0 aliphatic carbocycles. The molecule has 47 heavy (non-hydrogen) atoms. The zero-order valence-electron chi connectivity index (χ0n) is 28.3. The SMILES string of the molecule is CC.CCN(CC)CCCOc1cc(OCCCN(CC)CC)c2nc(-c3cccc(Oc4ccc(F)c(C(F)(F)F)c4)c3)[nH]c2c1. The predicted octanol–water partition coefficient (Wildman–Crippen LogP) is 9.43. The summed E-state index contributed by atoms with van der Waals surface area (Å²) in [6.45, 7) is 19.5. The van der Waals surface area contributed by atoms with Gasteiger partial charge in [-0.2, -0.15) is 13.2 Å². The van der Waals surface area contributed by atoms with Crippen LogP contribution in [-0.2, 0) is 6.18 Å². The number of imidazole rings is 1. The standard InChI is InChI=1S/C34H42F4N4O3.C2H6/c1-5-41(6-2)16-10-18-43-27-22-30-32(31(23-27)44-19-11-17-42(7-3)8-4)40-33(39-30)24-12-9-13-25(20-24)45-26-14-15-29(35)28(21-26)34(36,37)38;1-2/h9,12-15,20-23H,5-8,10-11,16-19H2,1-4H3,(H,39,40);1-2H3. The number of hydrogen-bond acceptors (Lipinski definition) is 6. The highest BCUT2D eigenvalue weighted by Gasteiger charge is 2.34. The Hall–Kier alpha value is -3.83. The minimum Gasteiger partial charge on any atom is -0.493 e. The largest absolute Gasteiger partial charge is 0.493 e. The van der Waals surface area contributed by atoms with Crippen molar-refractivity contribution in [3.8, 4) is 34.4 Å². The minimum atomic E-state index is -4.83. The average molecular weight is 661 g/mol. The van der Waals surface area contributed by atoms with E-state index in [2.05, 4.69) is 42.5 Å². The number of nitrogens with zero attached hydrogens (tertiary/aromatic N) is 3. The molecule has 0 bridgehead atoms. The van der Waals surface area contributed by atoms with Crippen molar-refractivity contribution in [2.75, 3.05) is 52.5 Å². The number of benzene rings is 3. The number of aromatic amines is 1. The number of aromatic nitrogens is 2. The van der Waals surface area contributed by atoms with Gasteiger partial charge in [0.15, 0.2) is 5.75 Å². The third-order valence-corrected chi connectivity index (χ3v) is 7.66. The van der Waals surface area contributed by atoms with Gasteiger partial charge in [-0.1, -0.05) is 53.7 Å². The second-order valence-electron chi connectivity index (χ2n) is 10.6. The zero-order chi connectivity index (χ0) is 34.4. The summed E-state index contributed by atoms with van der Waals surface area (Å²) in [5.74, 6) is 0.587. The number of hydrogen-bond donors (Lipinski definition) is 1. The summed E-state index contributed by atoms with van der Waals surface area (Å²) in [4.78, 5) is 12.8. The minimum absolute atomic E-state index is 0.131. The fourth-order valence-corrected chi connectivity index (χ4v) is 5.05. The highest BCUT2D eigenvalue weighted by molar-refractivity contribution is 5.86. The summed E-state index contributed by atoms with van der Waals surface area (Å²) >= 11 is 0. The summed E-state index contributed by atoms with van der Waals surface area (Å²) in [6, 6.07) is 13.1. The van der Waals surface area contributed by atoms with Gasteiger partial charge in [0.05, 0.1) is 24.3 Å². The molecule has 0 saturated carbocycles. The fourth-order valence-electron chi connectivity index (χ4n) is 5.05. The van der Waals surface area contributed by atoms with E-state index in [9.17, 15) is 17.6 Å². The van der Waals surface area contributed by atoms with Crippen molar-refractivity contribution in [3.63, 3.8) is 0 Å². The van der Waals surface area contributed by atoms with E-state index in [1.165, 1.54) is 0 Å². The molecular formula is C36H48F4N4O3. The first-order valence-electron chi connectivity index (χ1n) is 16.5. The predicted molar refractivity (Wildman–Crippen MR) is 180 cm³/mol. The monoisotopic (exact) mass is 660 g/mol. The number of ether oxygens (including phenoxy) is 3. The Balaban J connectivity index is 0.00000294. The summed E-state index contributed by atoms with van der Waals surface area (Å²) < 4.78 is 71.4. The lowest BCUT2D eigenvalue weighted by Crippen LogP contribution is -2.25. The number of halogens is 4. The lowest BCUT2D eigenvalue weighted by atomic mass is 10.2. The third kappa shape index (κ3) is 10.9. The quantitative estimate of drug-likeness (QED) is 0.0900. The smallest absolute Gasteiger partial charge is 0.419 e. The Bertz CT molecular complexity index is 1520. The van der Waals surface area contributed by atoms with Gasteiger partial charge in [0.2, 0.25) is 0 Å². The molecule has 0 radical (unpaired) electrons. The van der Waals surface area contributed by atoms with Crippen LogP contribution in [0.3, 0.4) is 0 Å². The molecule has 11 heteroatoms. The number of nitrogens with one attached hydrogen (secondary N) is 1. The van der Waals surface area contributed by atoms with Gasteiger partial charge in [-0.25, -0.2) is 9.37 Å². The van der Waals surface area contributed by atoms with E-state index in [4.69, 9.17) is 19.2 Å². The molecule has 0 unspecified atom stereocenters. The van der Waals surface area contributed by atoms with E-state index < -0.39 is 17.6 Å². The Labute approximate surface area is 275 Å². The van der Waals surface area contributed by atoms with Crippen LogP contribution >= 0.6 is 0 Å². The molecule has 258 valence electrons. The van der Waals surface area contributed by atoms with Crippen LogP contribution in [0.1, 0.15) is 59.9 Å². The molecule has 0 spiro atoms. The van der Waals surface area contributed by atoms with E-state index >= 15 is 0 Å². The Morgan fingerprint density at radius 1 is 0.745 bits per heavy atom. The van der Waals surface area contributed by atoms with Gasteiger partial charge in [0, 0.05) is 30.8 Å². The maximum Gasteiger partial charge on any atom is 0.419 e. The third-order valence-electron chi connectivity index (χ3n) is 7.66. The zero-order valence-corrected chi connectivity index (χ0v) is 28.3. The molecule has 0 fully saturated rings. The van der Waals surface area contributed by atoms with Crippen molar-refractivity contribution in [2.24, 2.45) is 0 Å². The Morgan fingerprint density at radius 2 is 1.36 bits per heavy atom. The molecule has 7 nitrogen and oxygen atoms in total. The van der Waals surface area contributed by atoms with E-state index in [0.29, 0.717) is 47.7 Å². The summed E-state index contributed by atoms with van der Waals surface area (Å²) in [7, 11) is 0. The molecule has 4 rings (SSSR count). The van der Waals surface area contributed by atoms with E-state index in [1.807, 2.05) is 32.0 Å². The van der Waals surface area contributed by atoms with Gasteiger partial charge < -0.3 is 29.0 Å². The lowest BCUT2D eigenvalue weighted by Gasteiger charge is -2.18. The normalized spacial score (nSPS) is 11.6. The molecule has 0 saturated heterocycles. The van der Waals surface area contributed by atoms with E-state index in [-0.39, 0.29) is 11.5 Å². The van der Waals surface area contributed by atoms with Crippen molar-refractivity contribution in [1.29, 1.82) is 0 Å². The van der Waals surface area contributed by atoms with Gasteiger partial charge in [-0.3, -0.25) is 0 Å². The number of rotatable bonds is 17. The van der Waals surface area contributed by atoms with Crippen LogP contribution in [-0.4, -0.2) is 72.3 Å². The lowest BCUT2D eigenvalue weighted by molar-refractivity contribution is -0.140. The maximum atomic E-state index is 13.8. The Morgan fingerprint density at radius 3 is 1.98 bits per heavy atom. The van der Waals surface area contributed by atoms with Gasteiger partial charge in [0.25, 0.3) is 0 Å². The molecule has 0 aliphatic rings. The second kappa shape index (κ2) is 18.5. The highest BCUT2D eigenvalue weighted by Crippen LogP contribution is 2.36. The first-order chi connectivity index (χ1) is 22.6. The van der Waals surface area contributed by atoms with Crippen molar-refractivity contribution >= 4 is 11.0 Å². The van der Waals surface area contributed by atoms with Crippen LogP contribution in [0, 0.1) is 5.82 Å². The van der Waals surface area contributed by atoms with Crippen molar-refractivity contribution in [3.05, 3.63) is 66.0 Å². The average Bonchev–Trinajstić information content (AvgIpc) is 3.51. The molecule has 1 heterocycles. The molecule has 4 aromatic rings. The first-order valence-corrected chi connectivity index (χ1v) is 16.5. The van der Waals surface area contributed by atoms with Crippen LogP contribution in [0.4, 0.5) is 17.6 Å². The molecular weight excluding hydrogens is 612 g/mol. The van der Waals surface area contributed by atoms with E-state index in [1.54, 1.807) is 18.2 Å². The Kier molecular flexibility index (Phi) is 14.8. The highest BCUT2D eigenvalue weighted by atomic mass is 19.4. The molecule has 3 aromatic carbocycles. The van der Waals surface area contributed by atoms with Crippen LogP contribution in [0.25, 0.3) is 22.4 Å². The molecule has 0 aliphatic heterocycles. The molecule has 1 aromatic heterocycles. The topological polar surface area (TPSA) is 62.9 Å². The number of alkyl halides is 3. The van der Waals surface area contributed by atoms with Gasteiger partial charge in [-0.15, -0.1) is 0 Å². The van der Waals surface area contributed by atoms with Crippen molar-refractivity contribution < 1.29 is 31.8 Å². The summed E-state index contributed by atoms with van der Waals surface area (Å²) in [5.41, 5.74) is 0.632. The van der Waals surface area contributed by atoms with Gasteiger partial charge in [0.1, 0.15) is 34.4 Å². The molecule has 0 amide bonds. The fraction of sp³-hybridized carbons (Fsp3) is 0.472. The van der Waals surface area contributed by atoms with Crippen LogP contribution in [0.2, 0.25) is 0 Å². The van der Waals surface area contributed by atoms with Crippen molar-refractivity contribution in [1.82, 2.24) is 19.8 Å². The van der Waals surface area contributed by atoms with Crippen LogP contribution < -0.4 is 14.2 Å². The van der Waals surface area contributed by atoms with Gasteiger partial charge >= 0.3 is 6.18 Å². The molecule has 1 N–H and O–H groups in total. The van der Waals surface area contributed by atoms with E-state index in [0.717, 1.165) is 69.8 Å². The van der Waals surface area contributed by atoms with Crippen LogP contribution in [0.5, 0.6) is 23.0 Å². The van der Waals surface area contributed by atoms with Gasteiger partial charge in [-0.05, 0) is 69.4 Å². The van der Waals surface area contributed by atoms with Crippen molar-refractivity contribution in [2.45, 2.75) is 60.6 Å². The summed E-state index contributed by atoms with van der Waals surface area (Å²) in [5, 5.41) is 0. The first kappa shape index (κ1) is 37.6. The second-order valence-corrected chi connectivity index (χ2v) is 10.6.